The van der Waals surface area contributed by atoms with Crippen LogP contribution in [0.1, 0.15) is 53.4 Å². The van der Waals surface area contributed by atoms with Crippen molar-refractivity contribution >= 4 is 49.9 Å². The molecule has 0 spiro atoms. The third-order valence-corrected chi connectivity index (χ3v) is 7.81. The summed E-state index contributed by atoms with van der Waals surface area (Å²) in [6.07, 6.45) is 5.84. The minimum atomic E-state index is -1.24. The Hall–Kier alpha value is 0.937. The molecule has 0 amide bonds. The molecular weight excluding hydrogens is 414 g/mol. The molecule has 92 valence electrons. The molecule has 0 unspecified atom stereocenters. The Balaban J connectivity index is 0. The van der Waals surface area contributed by atoms with Gasteiger partial charge in [0.1, 0.15) is 0 Å². The molecule has 0 aliphatic carbocycles. The summed E-state index contributed by atoms with van der Waals surface area (Å²) in [5, 5.41) is 0. The van der Waals surface area contributed by atoms with Gasteiger partial charge in [0.25, 0.3) is 0 Å². The molecule has 0 aliphatic rings. The Morgan fingerprint density at radius 2 is 1.25 bits per heavy atom. The number of carbonyl (C=O) groups excluding carboxylic acids is 2. The van der Waals surface area contributed by atoms with Crippen LogP contribution in [0.25, 0.3) is 0 Å². The van der Waals surface area contributed by atoms with Crippen molar-refractivity contribution in [1.29, 1.82) is 0 Å². The van der Waals surface area contributed by atoms with E-state index in [-0.39, 0.29) is 28.7 Å². The fourth-order valence-electron chi connectivity index (χ4n) is 0.976. The van der Waals surface area contributed by atoms with Gasteiger partial charge in [-0.3, -0.25) is 0 Å². The molecule has 0 aromatic heterocycles. The van der Waals surface area contributed by atoms with E-state index in [4.69, 9.17) is 0 Å². The van der Waals surface area contributed by atoms with E-state index < -0.39 is 21.1 Å². The molecule has 0 aromatic carbocycles. The van der Waals surface area contributed by atoms with Gasteiger partial charge < -0.3 is 0 Å². The van der Waals surface area contributed by atoms with E-state index in [0.29, 0.717) is 0 Å². The van der Waals surface area contributed by atoms with Crippen molar-refractivity contribution in [2.45, 2.75) is 62.3 Å². The minimum absolute atomic E-state index is 0.108. The Labute approximate surface area is 121 Å². The summed E-state index contributed by atoms with van der Waals surface area (Å²) < 4.78 is 3.46. The molecule has 0 bridgehead atoms. The monoisotopic (exact) mass is 440 g/mol. The van der Waals surface area contributed by atoms with Crippen molar-refractivity contribution in [3.8, 4) is 0 Å². The van der Waals surface area contributed by atoms with E-state index in [1.807, 2.05) is 0 Å². The van der Waals surface area contributed by atoms with E-state index in [1.54, 1.807) is 8.87 Å². The molecule has 4 radical (unpaired) electrons. The third kappa shape index (κ3) is 24.3. The molecule has 0 saturated carbocycles. The van der Waals surface area contributed by atoms with E-state index in [9.17, 15) is 9.59 Å². The second kappa shape index (κ2) is 15.9. The summed E-state index contributed by atoms with van der Waals surface area (Å²) in [5.74, 6) is 0. The molecule has 4 heteroatoms. The van der Waals surface area contributed by atoms with Crippen LogP contribution < -0.4 is 0 Å². The normalized spacial score (nSPS) is 9.25. The Morgan fingerprint density at radius 3 is 1.44 bits per heavy atom. The van der Waals surface area contributed by atoms with Crippen molar-refractivity contribution in [3.05, 3.63) is 0 Å². The van der Waals surface area contributed by atoms with Crippen LogP contribution >= 0.6 is 0 Å². The first-order valence-corrected chi connectivity index (χ1v) is 12.9. The topological polar surface area (TPSA) is 34.1 Å². The fourth-order valence-corrected chi connectivity index (χ4v) is 6.55. The summed E-state index contributed by atoms with van der Waals surface area (Å²) >= 11 is -1.09. The van der Waals surface area contributed by atoms with Crippen LogP contribution in [0.15, 0.2) is 0 Å². The maximum atomic E-state index is 10.1. The van der Waals surface area contributed by atoms with Gasteiger partial charge in [-0.2, -0.15) is 0 Å². The molecule has 2 nitrogen and oxygen atoms in total. The zero-order valence-corrected chi connectivity index (χ0v) is 16.8. The maximum absolute atomic E-state index is 10.1. The molecule has 16 heavy (non-hydrogen) atoms. The summed E-state index contributed by atoms with van der Waals surface area (Å²) in [6, 6.07) is 0. The van der Waals surface area contributed by atoms with Crippen LogP contribution in [-0.4, -0.2) is 49.9 Å². The van der Waals surface area contributed by atoms with Crippen LogP contribution in [0.3, 0.4) is 0 Å². The first-order chi connectivity index (χ1) is 7.54. The van der Waals surface area contributed by atoms with Gasteiger partial charge in [0.15, 0.2) is 0 Å². The van der Waals surface area contributed by atoms with Crippen LogP contribution in [-0.2, 0) is 9.59 Å². The van der Waals surface area contributed by atoms with E-state index in [0.717, 1.165) is 0 Å². The number of unbranched alkanes of at least 4 members (excludes halogenated alkanes) is 2. The number of hydrogen-bond acceptors (Lipinski definition) is 2. The fraction of sp³-hybridized carbons (Fsp3) is 0.833. The van der Waals surface area contributed by atoms with Gasteiger partial charge in [0, 0.05) is 0 Å². The van der Waals surface area contributed by atoms with Crippen molar-refractivity contribution < 1.29 is 9.59 Å². The second-order valence-electron chi connectivity index (χ2n) is 3.69. The SMILES string of the molecule is CCC[CH2][Sn][CH2]CCC.C[C](=O)[Sn][C](C)=O. The van der Waals surface area contributed by atoms with Gasteiger partial charge in [0.2, 0.25) is 0 Å². The Bertz CT molecular complexity index is 164. The standard InChI is InChI=1S/2C4H9.2C2H3O.2Sn/c2*1-3-4-2;2*1-2-3;;/h2*1,3-4H2,2H3;2*1H3;;. The predicted molar refractivity (Wildman–Crippen MR) is 72.3 cm³/mol. The molecule has 0 fully saturated rings. The van der Waals surface area contributed by atoms with Crippen LogP contribution in [0.5, 0.6) is 0 Å². The zero-order valence-electron chi connectivity index (χ0n) is 11.1. The average Bonchev–Trinajstić information content (AvgIpc) is 2.16. The van der Waals surface area contributed by atoms with Crippen LogP contribution in [0.4, 0.5) is 0 Å². The van der Waals surface area contributed by atoms with Crippen molar-refractivity contribution in [2.75, 3.05) is 0 Å². The van der Waals surface area contributed by atoms with E-state index >= 15 is 0 Å². The zero-order chi connectivity index (χ0) is 12.8. The molecule has 0 atom stereocenters. The quantitative estimate of drug-likeness (QED) is 0.432. The summed E-state index contributed by atoms with van der Waals surface area (Å²) in [5.41, 5.74) is 0. The van der Waals surface area contributed by atoms with Gasteiger partial charge in [0.05, 0.1) is 0 Å². The Kier molecular flexibility index (Phi) is 19.2. The van der Waals surface area contributed by atoms with Crippen molar-refractivity contribution in [2.24, 2.45) is 0 Å². The second-order valence-corrected chi connectivity index (χ2v) is 12.7. The van der Waals surface area contributed by atoms with E-state index in [1.165, 1.54) is 39.5 Å². The third-order valence-electron chi connectivity index (χ3n) is 1.77. The van der Waals surface area contributed by atoms with Crippen LogP contribution in [0, 0.1) is 0 Å². The summed E-state index contributed by atoms with van der Waals surface area (Å²) in [7, 11) is 0. The number of hydrogen-bond donors (Lipinski definition) is 0. The molecule has 0 rings (SSSR count). The van der Waals surface area contributed by atoms with Gasteiger partial charge in [-0.1, -0.05) is 0 Å². The van der Waals surface area contributed by atoms with Crippen LogP contribution in [0.2, 0.25) is 8.87 Å². The summed E-state index contributed by atoms with van der Waals surface area (Å²) in [4.78, 5) is 20.2. The van der Waals surface area contributed by atoms with Crippen molar-refractivity contribution in [1.82, 2.24) is 0 Å². The van der Waals surface area contributed by atoms with E-state index in [2.05, 4.69) is 13.8 Å². The number of rotatable bonds is 8. The average molecular weight is 438 g/mol. The molecule has 0 heterocycles. The molecular formula is C12H24O2Sn2. The molecule has 0 saturated heterocycles. The van der Waals surface area contributed by atoms with Gasteiger partial charge in [-0.25, -0.2) is 0 Å². The first kappa shape index (κ1) is 19.3. The molecule has 0 N–H and O–H groups in total. The molecule has 0 aromatic rings. The Morgan fingerprint density at radius 1 is 0.875 bits per heavy atom. The number of carbonyl (C=O) groups is 2. The molecule has 0 aliphatic heterocycles. The first-order valence-electron chi connectivity index (χ1n) is 6.03. The van der Waals surface area contributed by atoms with Gasteiger partial charge in [-0.15, -0.1) is 0 Å². The van der Waals surface area contributed by atoms with Gasteiger partial charge >= 0.3 is 122 Å². The van der Waals surface area contributed by atoms with Crippen molar-refractivity contribution in [3.63, 3.8) is 0 Å². The summed E-state index contributed by atoms with van der Waals surface area (Å²) in [6.45, 7) is 7.54. The van der Waals surface area contributed by atoms with Gasteiger partial charge in [-0.05, 0) is 0 Å². The predicted octanol–water partition coefficient (Wildman–Crippen LogP) is 2.91.